The fraction of sp³-hybridized carbons (Fsp3) is 0.323. The third-order valence-electron chi connectivity index (χ3n) is 7.40. The molecule has 0 saturated carbocycles. The van der Waals surface area contributed by atoms with E-state index in [2.05, 4.69) is 16.0 Å². The molecule has 3 aromatic carbocycles. The second-order valence-corrected chi connectivity index (χ2v) is 10.6. The molecule has 3 atom stereocenters. The third-order valence-corrected chi connectivity index (χ3v) is 7.40. The molecule has 226 valence electrons. The number of likely N-dealkylation sites (N-methyl/N-ethyl adjacent to an activating group) is 1. The van der Waals surface area contributed by atoms with E-state index in [-0.39, 0.29) is 55.7 Å². The molecule has 3 aromatic rings. The maximum absolute atomic E-state index is 13.7. The van der Waals surface area contributed by atoms with E-state index in [1.54, 1.807) is 79.5 Å². The molecule has 2 heterocycles. The lowest BCUT2D eigenvalue weighted by Gasteiger charge is -2.38. The largest absolute Gasteiger partial charge is 0.485 e. The smallest absolute Gasteiger partial charge is 0.323 e. The van der Waals surface area contributed by atoms with Crippen LogP contribution < -0.4 is 30.2 Å². The first kappa shape index (κ1) is 29.5. The van der Waals surface area contributed by atoms with Gasteiger partial charge in [-0.1, -0.05) is 31.2 Å². The lowest BCUT2D eigenvalue weighted by atomic mass is 9.99. The average Bonchev–Trinajstić information content (AvgIpc) is 3.47. The van der Waals surface area contributed by atoms with Gasteiger partial charge < -0.3 is 45.1 Å². The van der Waals surface area contributed by atoms with Crippen molar-refractivity contribution in [3.8, 4) is 17.2 Å². The van der Waals surface area contributed by atoms with Crippen LogP contribution in [0.15, 0.2) is 66.7 Å². The summed E-state index contributed by atoms with van der Waals surface area (Å²) in [7, 11) is 1.65. The van der Waals surface area contributed by atoms with E-state index in [0.29, 0.717) is 28.6 Å². The summed E-state index contributed by atoms with van der Waals surface area (Å²) in [5, 5.41) is 18.4. The van der Waals surface area contributed by atoms with Gasteiger partial charge in [0.2, 0.25) is 6.79 Å². The van der Waals surface area contributed by atoms with Gasteiger partial charge in [-0.25, -0.2) is 9.59 Å². The lowest BCUT2D eigenvalue weighted by Crippen LogP contribution is -2.50. The molecule has 0 aliphatic carbocycles. The van der Waals surface area contributed by atoms with Crippen molar-refractivity contribution >= 4 is 35.0 Å². The van der Waals surface area contributed by atoms with Crippen LogP contribution in [-0.4, -0.2) is 78.6 Å². The Morgan fingerprint density at radius 1 is 1.00 bits per heavy atom. The van der Waals surface area contributed by atoms with Gasteiger partial charge in [0.15, 0.2) is 17.2 Å². The number of hydrogen-bond donors (Lipinski definition) is 4. The highest BCUT2D eigenvalue weighted by Crippen LogP contribution is 2.36. The maximum atomic E-state index is 13.7. The Morgan fingerprint density at radius 2 is 1.77 bits per heavy atom. The topological polar surface area (TPSA) is 142 Å². The highest BCUT2D eigenvalue weighted by molar-refractivity contribution is 6.04. The zero-order valence-electron chi connectivity index (χ0n) is 24.2. The number of amides is 5. The van der Waals surface area contributed by atoms with E-state index in [1.165, 1.54) is 4.90 Å². The van der Waals surface area contributed by atoms with Gasteiger partial charge >= 0.3 is 12.1 Å². The van der Waals surface area contributed by atoms with E-state index in [0.717, 1.165) is 0 Å². The second kappa shape index (κ2) is 12.9. The highest BCUT2D eigenvalue weighted by atomic mass is 16.7. The summed E-state index contributed by atoms with van der Waals surface area (Å²) < 4.78 is 17.2. The van der Waals surface area contributed by atoms with Gasteiger partial charge in [-0.2, -0.15) is 0 Å². The summed E-state index contributed by atoms with van der Waals surface area (Å²) in [4.78, 5) is 42.9. The first-order valence-corrected chi connectivity index (χ1v) is 14.0. The number of nitrogens with zero attached hydrogens (tertiary/aromatic N) is 2. The number of urea groups is 2. The zero-order chi connectivity index (χ0) is 30.5. The molecule has 0 bridgehead atoms. The molecule has 0 fully saturated rings. The zero-order valence-corrected chi connectivity index (χ0v) is 24.2. The number of benzene rings is 3. The summed E-state index contributed by atoms with van der Waals surface area (Å²) >= 11 is 0. The van der Waals surface area contributed by atoms with E-state index in [1.807, 2.05) is 13.0 Å². The monoisotopic (exact) mass is 589 g/mol. The Morgan fingerprint density at radius 3 is 2.53 bits per heavy atom. The molecule has 2 aliphatic rings. The highest BCUT2D eigenvalue weighted by Gasteiger charge is 2.35. The van der Waals surface area contributed by atoms with E-state index < -0.39 is 18.2 Å². The molecule has 0 radical (unpaired) electrons. The molecule has 5 rings (SSSR count). The predicted molar refractivity (Wildman–Crippen MR) is 161 cm³/mol. The molecular formula is C31H35N5O7. The molecule has 0 spiro atoms. The lowest BCUT2D eigenvalue weighted by molar-refractivity contribution is 0.0373. The standard InChI is InChI=1S/C31H35N5O7/c1-19-15-36(20(2)17-37)29(38)23-10-7-11-24(34-30(39)32-21-8-5-4-6-9-21)28(23)43-27(19)16-35(3)31(40)33-22-12-13-25-26(14-22)42-18-41-25/h4-14,19-20,27,37H,15-18H2,1-3H3,(H,33,40)(H2,32,34,39)/t19-,20-,27-/m1/s1. The molecule has 43 heavy (non-hydrogen) atoms. The molecule has 2 aliphatic heterocycles. The van der Waals surface area contributed by atoms with Crippen molar-refractivity contribution in [3.63, 3.8) is 0 Å². The number of fused-ring (bicyclic) bond motifs is 2. The minimum absolute atomic E-state index is 0.129. The number of carbonyl (C=O) groups is 3. The molecule has 0 unspecified atom stereocenters. The van der Waals surface area contributed by atoms with E-state index >= 15 is 0 Å². The fourth-order valence-electron chi connectivity index (χ4n) is 4.91. The Bertz CT molecular complexity index is 1480. The van der Waals surface area contributed by atoms with Crippen LogP contribution >= 0.6 is 0 Å². The number of rotatable bonds is 7. The van der Waals surface area contributed by atoms with Gasteiger partial charge in [0.25, 0.3) is 5.91 Å². The number of para-hydroxylation sites is 2. The normalized spacial score (nSPS) is 18.0. The van der Waals surface area contributed by atoms with Crippen LogP contribution in [0.4, 0.5) is 26.7 Å². The van der Waals surface area contributed by atoms with Crippen molar-refractivity contribution in [1.29, 1.82) is 0 Å². The maximum Gasteiger partial charge on any atom is 0.323 e. The van der Waals surface area contributed by atoms with Gasteiger partial charge in [0, 0.05) is 37.0 Å². The minimum Gasteiger partial charge on any atom is -0.485 e. The Hall–Kier alpha value is -4.97. The summed E-state index contributed by atoms with van der Waals surface area (Å²) in [6.07, 6.45) is -0.576. The Balaban J connectivity index is 1.39. The molecule has 5 amide bonds. The van der Waals surface area contributed by atoms with Crippen LogP contribution in [0.2, 0.25) is 0 Å². The van der Waals surface area contributed by atoms with E-state index in [9.17, 15) is 19.5 Å². The first-order chi connectivity index (χ1) is 20.7. The average molecular weight is 590 g/mol. The molecule has 12 heteroatoms. The van der Waals surface area contributed by atoms with Gasteiger partial charge in [0.1, 0.15) is 6.10 Å². The fourth-order valence-corrected chi connectivity index (χ4v) is 4.91. The summed E-state index contributed by atoms with van der Waals surface area (Å²) in [5.41, 5.74) is 1.67. The van der Waals surface area contributed by atoms with Crippen molar-refractivity contribution in [2.75, 3.05) is 49.5 Å². The van der Waals surface area contributed by atoms with Crippen LogP contribution in [0.3, 0.4) is 0 Å². The number of carbonyl (C=O) groups excluding carboxylic acids is 3. The minimum atomic E-state index is -0.576. The van der Waals surface area contributed by atoms with Gasteiger partial charge in [-0.15, -0.1) is 0 Å². The molecular weight excluding hydrogens is 554 g/mol. The first-order valence-electron chi connectivity index (χ1n) is 14.0. The van der Waals surface area contributed by atoms with Crippen molar-refractivity contribution in [2.24, 2.45) is 5.92 Å². The number of hydrogen-bond acceptors (Lipinski definition) is 7. The van der Waals surface area contributed by atoms with Crippen LogP contribution in [0.25, 0.3) is 0 Å². The SMILES string of the molecule is C[C@@H]1CN([C@H](C)CO)C(=O)c2cccc(NC(=O)Nc3ccccc3)c2O[C@@H]1CN(C)C(=O)Nc1ccc2c(c1)OCO2. The number of aliphatic hydroxyl groups excluding tert-OH is 1. The Labute approximate surface area is 249 Å². The van der Waals surface area contributed by atoms with Crippen LogP contribution in [0.5, 0.6) is 17.2 Å². The van der Waals surface area contributed by atoms with Gasteiger partial charge in [-0.3, -0.25) is 4.79 Å². The molecule has 4 N–H and O–H groups in total. The number of ether oxygens (including phenoxy) is 3. The van der Waals surface area contributed by atoms with Crippen molar-refractivity contribution in [1.82, 2.24) is 9.80 Å². The molecule has 0 saturated heterocycles. The summed E-state index contributed by atoms with van der Waals surface area (Å²) in [6, 6.07) is 17.7. The van der Waals surface area contributed by atoms with Crippen molar-refractivity contribution in [3.05, 3.63) is 72.3 Å². The Kier molecular flexibility index (Phi) is 8.86. The quantitative estimate of drug-likeness (QED) is 0.319. The summed E-state index contributed by atoms with van der Waals surface area (Å²) in [5.74, 6) is 0.765. The molecule has 0 aromatic heterocycles. The van der Waals surface area contributed by atoms with Crippen molar-refractivity contribution in [2.45, 2.75) is 26.0 Å². The van der Waals surface area contributed by atoms with Crippen LogP contribution in [-0.2, 0) is 0 Å². The van der Waals surface area contributed by atoms with Gasteiger partial charge in [0.05, 0.1) is 30.4 Å². The number of nitrogens with one attached hydrogen (secondary N) is 3. The number of anilines is 3. The van der Waals surface area contributed by atoms with Crippen LogP contribution in [0.1, 0.15) is 24.2 Å². The number of aliphatic hydroxyl groups is 1. The van der Waals surface area contributed by atoms with E-state index in [4.69, 9.17) is 14.2 Å². The predicted octanol–water partition coefficient (Wildman–Crippen LogP) is 4.44. The summed E-state index contributed by atoms with van der Waals surface area (Å²) in [6.45, 7) is 4.04. The molecule has 12 nitrogen and oxygen atoms in total. The van der Waals surface area contributed by atoms with Gasteiger partial charge in [-0.05, 0) is 43.3 Å². The van der Waals surface area contributed by atoms with Crippen molar-refractivity contribution < 1.29 is 33.7 Å². The van der Waals surface area contributed by atoms with Crippen LogP contribution in [0, 0.1) is 5.92 Å². The third kappa shape index (κ3) is 6.75. The second-order valence-electron chi connectivity index (χ2n) is 10.6.